The van der Waals surface area contributed by atoms with Gasteiger partial charge in [0.25, 0.3) is 0 Å². The van der Waals surface area contributed by atoms with Crippen LogP contribution in [-0.4, -0.2) is 17.5 Å². The second-order valence-electron chi connectivity index (χ2n) is 14.4. The highest BCUT2D eigenvalue weighted by atomic mass is 16.5. The first-order chi connectivity index (χ1) is 15.3. The number of hydrogen-bond donors (Lipinski definition) is 0. The minimum absolute atomic E-state index is 0.114. The van der Waals surface area contributed by atoms with E-state index >= 15 is 0 Å². The van der Waals surface area contributed by atoms with Gasteiger partial charge in [0, 0.05) is 5.92 Å². The molecule has 0 heterocycles. The second-order valence-corrected chi connectivity index (χ2v) is 14.4. The van der Waals surface area contributed by atoms with Crippen molar-refractivity contribution in [1.82, 2.24) is 0 Å². The minimum atomic E-state index is -0.114. The van der Waals surface area contributed by atoms with Gasteiger partial charge >= 0.3 is 0 Å². The van der Waals surface area contributed by atoms with E-state index in [1.165, 1.54) is 56.9 Å². The van der Waals surface area contributed by atoms with Crippen molar-refractivity contribution in [3.63, 3.8) is 0 Å². The van der Waals surface area contributed by atoms with Crippen LogP contribution in [0.15, 0.2) is 11.6 Å². The molecule has 0 bridgehead atoms. The van der Waals surface area contributed by atoms with Gasteiger partial charge in [0.15, 0.2) is 5.78 Å². The summed E-state index contributed by atoms with van der Waals surface area (Å²) in [6, 6.07) is 0. The maximum absolute atomic E-state index is 13.7. The molecule has 4 rings (SSSR count). The summed E-state index contributed by atoms with van der Waals surface area (Å²) in [7, 11) is 0. The molecule has 0 radical (unpaired) electrons. The van der Waals surface area contributed by atoms with Gasteiger partial charge in [0.2, 0.25) is 0 Å². The highest BCUT2D eigenvalue weighted by molar-refractivity contribution is 5.94. The molecule has 0 spiro atoms. The molecule has 0 aromatic carbocycles. The molecule has 0 unspecified atom stereocenters. The largest absolute Gasteiger partial charge is 0.372 e. The molecule has 33 heavy (non-hydrogen) atoms. The summed E-state index contributed by atoms with van der Waals surface area (Å²) in [5, 5.41) is 0. The van der Waals surface area contributed by atoms with Crippen molar-refractivity contribution >= 4 is 5.78 Å². The standard InChI is InChI=1S/C31H52O2/c1-20(2)10-9-11-21(3)24-12-13-25-28-26(15-17-31(24,25)8)30(7)16-14-23(33-29(4,5)6)18-22(30)19-27(28)32/h19-21,23-26,28H,9-18H2,1-8H3/t21-,23+,24-,25+,26-,28-,30+,31-/m1/s1. The smallest absolute Gasteiger partial charge is 0.159 e. The molecule has 8 atom stereocenters. The zero-order valence-corrected chi connectivity index (χ0v) is 23.0. The van der Waals surface area contributed by atoms with E-state index in [1.54, 1.807) is 0 Å². The lowest BCUT2D eigenvalue weighted by molar-refractivity contribution is -0.137. The second kappa shape index (κ2) is 9.11. The molecular weight excluding hydrogens is 404 g/mol. The number of ketones is 1. The fraction of sp³-hybridized carbons (Fsp3) is 0.903. The Morgan fingerprint density at radius 2 is 1.73 bits per heavy atom. The number of carbonyl (C=O) groups excluding carboxylic acids is 1. The number of hydrogen-bond acceptors (Lipinski definition) is 2. The normalized spacial score (nSPS) is 41.9. The Balaban J connectivity index is 1.51. The van der Waals surface area contributed by atoms with Crippen molar-refractivity contribution in [2.45, 2.75) is 131 Å². The molecule has 0 aromatic heterocycles. The predicted octanol–water partition coefficient (Wildman–Crippen LogP) is 8.39. The number of allylic oxidation sites excluding steroid dienone is 1. The van der Waals surface area contributed by atoms with Crippen molar-refractivity contribution in [1.29, 1.82) is 0 Å². The molecule has 188 valence electrons. The van der Waals surface area contributed by atoms with E-state index < -0.39 is 0 Å². The van der Waals surface area contributed by atoms with Crippen molar-refractivity contribution in [3.8, 4) is 0 Å². The monoisotopic (exact) mass is 456 g/mol. The van der Waals surface area contributed by atoms with Gasteiger partial charge in [-0.05, 0) is 112 Å². The van der Waals surface area contributed by atoms with E-state index in [0.29, 0.717) is 23.0 Å². The van der Waals surface area contributed by atoms with Gasteiger partial charge in [-0.2, -0.15) is 0 Å². The third-order valence-corrected chi connectivity index (χ3v) is 10.6. The molecule has 0 amide bonds. The van der Waals surface area contributed by atoms with Gasteiger partial charge in [0.1, 0.15) is 0 Å². The van der Waals surface area contributed by atoms with Crippen LogP contribution in [0.3, 0.4) is 0 Å². The quantitative estimate of drug-likeness (QED) is 0.401. The number of carbonyl (C=O) groups is 1. The maximum atomic E-state index is 13.7. The third kappa shape index (κ3) is 4.76. The molecule has 4 aliphatic carbocycles. The highest BCUT2D eigenvalue weighted by Gasteiger charge is 2.61. The lowest BCUT2D eigenvalue weighted by Crippen LogP contribution is -2.54. The molecule has 3 fully saturated rings. The van der Waals surface area contributed by atoms with E-state index in [9.17, 15) is 4.79 Å². The minimum Gasteiger partial charge on any atom is -0.372 e. The van der Waals surface area contributed by atoms with Crippen molar-refractivity contribution < 1.29 is 9.53 Å². The van der Waals surface area contributed by atoms with Gasteiger partial charge in [-0.1, -0.05) is 59.5 Å². The Morgan fingerprint density at radius 1 is 1.00 bits per heavy atom. The Morgan fingerprint density at radius 3 is 2.39 bits per heavy atom. The van der Waals surface area contributed by atoms with Gasteiger partial charge < -0.3 is 4.74 Å². The van der Waals surface area contributed by atoms with E-state index in [2.05, 4.69) is 61.5 Å². The predicted molar refractivity (Wildman–Crippen MR) is 138 cm³/mol. The molecule has 0 N–H and O–H groups in total. The highest BCUT2D eigenvalue weighted by Crippen LogP contribution is 2.66. The van der Waals surface area contributed by atoms with E-state index in [4.69, 9.17) is 4.74 Å². The van der Waals surface area contributed by atoms with Crippen LogP contribution < -0.4 is 0 Å². The third-order valence-electron chi connectivity index (χ3n) is 10.6. The summed E-state index contributed by atoms with van der Waals surface area (Å²) >= 11 is 0. The maximum Gasteiger partial charge on any atom is 0.159 e. The zero-order chi connectivity index (χ0) is 24.2. The van der Waals surface area contributed by atoms with Crippen molar-refractivity contribution in [2.75, 3.05) is 0 Å². The number of fused-ring (bicyclic) bond motifs is 5. The Bertz CT molecular complexity index is 757. The van der Waals surface area contributed by atoms with Crippen LogP contribution in [-0.2, 0) is 9.53 Å². The van der Waals surface area contributed by atoms with Gasteiger partial charge in [-0.15, -0.1) is 0 Å². The molecular formula is C31H52O2. The van der Waals surface area contributed by atoms with E-state index in [1.807, 2.05) is 0 Å². The van der Waals surface area contributed by atoms with Crippen LogP contribution in [0.4, 0.5) is 0 Å². The fourth-order valence-corrected chi connectivity index (χ4v) is 8.99. The van der Waals surface area contributed by atoms with Crippen LogP contribution in [0.1, 0.15) is 120 Å². The fourth-order valence-electron chi connectivity index (χ4n) is 8.99. The zero-order valence-electron chi connectivity index (χ0n) is 23.0. The van der Waals surface area contributed by atoms with Crippen molar-refractivity contribution in [2.24, 2.45) is 46.3 Å². The van der Waals surface area contributed by atoms with E-state index in [-0.39, 0.29) is 23.0 Å². The SMILES string of the molecule is CC(C)CCC[C@@H](C)[C@H]1CC[C@H]2[C@H]3C(=O)C=C4C[C@@H](OC(C)(C)C)CC[C@]4(C)[C@@H]3CC[C@]12C. The molecule has 0 aliphatic heterocycles. The van der Waals surface area contributed by atoms with Gasteiger partial charge in [0.05, 0.1) is 11.7 Å². The summed E-state index contributed by atoms with van der Waals surface area (Å²) in [5.74, 6) is 4.29. The summed E-state index contributed by atoms with van der Waals surface area (Å²) in [6.07, 6.45) is 14.9. The van der Waals surface area contributed by atoms with Crippen LogP contribution in [0.5, 0.6) is 0 Å². The first-order valence-corrected chi connectivity index (χ1v) is 14.3. The Labute approximate surface area is 204 Å². The average molecular weight is 457 g/mol. The average Bonchev–Trinajstić information content (AvgIpc) is 3.05. The van der Waals surface area contributed by atoms with E-state index in [0.717, 1.165) is 30.6 Å². The molecule has 0 aromatic rings. The summed E-state index contributed by atoms with van der Waals surface area (Å²) < 4.78 is 6.36. The van der Waals surface area contributed by atoms with Gasteiger partial charge in [-0.3, -0.25) is 4.79 Å². The van der Waals surface area contributed by atoms with Crippen LogP contribution in [0.2, 0.25) is 0 Å². The summed E-state index contributed by atoms with van der Waals surface area (Å²) in [6.45, 7) is 18.7. The van der Waals surface area contributed by atoms with Crippen LogP contribution >= 0.6 is 0 Å². The number of ether oxygens (including phenoxy) is 1. The lowest BCUT2D eigenvalue weighted by Gasteiger charge is -2.58. The van der Waals surface area contributed by atoms with Crippen LogP contribution in [0.25, 0.3) is 0 Å². The Hall–Kier alpha value is -0.630. The van der Waals surface area contributed by atoms with Crippen molar-refractivity contribution in [3.05, 3.63) is 11.6 Å². The topological polar surface area (TPSA) is 26.3 Å². The molecule has 4 aliphatic rings. The first-order valence-electron chi connectivity index (χ1n) is 14.3. The summed E-state index contributed by atoms with van der Waals surface area (Å²) in [4.78, 5) is 13.7. The number of rotatable bonds is 6. The molecule has 2 heteroatoms. The molecule has 0 saturated heterocycles. The Kier molecular flexibility index (Phi) is 7.03. The lowest BCUT2D eigenvalue weighted by atomic mass is 9.46. The summed E-state index contributed by atoms with van der Waals surface area (Å²) in [5.41, 5.74) is 1.87. The molecule has 3 saturated carbocycles. The molecule has 2 nitrogen and oxygen atoms in total. The van der Waals surface area contributed by atoms with Gasteiger partial charge in [-0.25, -0.2) is 0 Å². The first kappa shape index (κ1) is 25.5. The van der Waals surface area contributed by atoms with Crippen LogP contribution in [0, 0.1) is 46.3 Å².